The van der Waals surface area contributed by atoms with Gasteiger partial charge in [-0.15, -0.1) is 0 Å². The second-order valence-corrected chi connectivity index (χ2v) is 13.2. The van der Waals surface area contributed by atoms with Crippen LogP contribution in [0.4, 0.5) is 5.69 Å². The fraction of sp³-hybridized carbons (Fsp3) is 0.333. The standard InChI is InChI=1S/C30H32Cl3N3O4S/c1-21(30(38)34-23-9-4-2-5-10-23)35(19-26-27(32)13-8-14-28(26)33)29(37)20-36(24-11-6-3-7-12-24)41(39,40)25-17-15-22(31)16-18-25/h3,6-8,11-18,21,23H,2,4-5,9-10,19-20H2,1H3,(H,34,38)/t21-/m0/s1. The van der Waals surface area contributed by atoms with E-state index in [1.165, 1.54) is 29.2 Å². The molecule has 11 heteroatoms. The van der Waals surface area contributed by atoms with E-state index in [0.29, 0.717) is 26.3 Å². The maximum absolute atomic E-state index is 14.1. The normalized spacial score (nSPS) is 14.7. The number of nitrogens with one attached hydrogen (secondary N) is 1. The highest BCUT2D eigenvalue weighted by Crippen LogP contribution is 2.29. The Bertz CT molecular complexity index is 1440. The molecule has 218 valence electrons. The molecule has 0 radical (unpaired) electrons. The van der Waals surface area contributed by atoms with Gasteiger partial charge in [-0.3, -0.25) is 13.9 Å². The monoisotopic (exact) mass is 635 g/mol. The summed E-state index contributed by atoms with van der Waals surface area (Å²) in [6.45, 7) is 0.986. The lowest BCUT2D eigenvalue weighted by Gasteiger charge is -2.33. The van der Waals surface area contributed by atoms with Crippen LogP contribution in [0.3, 0.4) is 0 Å². The van der Waals surface area contributed by atoms with Gasteiger partial charge in [0.15, 0.2) is 0 Å². The molecule has 4 rings (SSSR count). The van der Waals surface area contributed by atoms with Gasteiger partial charge in [-0.05, 0) is 68.3 Å². The van der Waals surface area contributed by atoms with Crippen LogP contribution in [0, 0.1) is 0 Å². The van der Waals surface area contributed by atoms with E-state index in [0.717, 1.165) is 36.4 Å². The van der Waals surface area contributed by atoms with E-state index < -0.39 is 28.5 Å². The van der Waals surface area contributed by atoms with Gasteiger partial charge in [0.1, 0.15) is 12.6 Å². The van der Waals surface area contributed by atoms with Crippen LogP contribution in [0.25, 0.3) is 0 Å². The van der Waals surface area contributed by atoms with Crippen molar-refractivity contribution in [2.75, 3.05) is 10.8 Å². The van der Waals surface area contributed by atoms with E-state index >= 15 is 0 Å². The average molecular weight is 637 g/mol. The molecule has 7 nitrogen and oxygen atoms in total. The van der Waals surface area contributed by atoms with Crippen LogP contribution in [0.5, 0.6) is 0 Å². The number of rotatable bonds is 10. The van der Waals surface area contributed by atoms with Crippen LogP contribution >= 0.6 is 34.8 Å². The summed E-state index contributed by atoms with van der Waals surface area (Å²) in [5.41, 5.74) is 0.763. The van der Waals surface area contributed by atoms with Crippen molar-refractivity contribution in [3.8, 4) is 0 Å². The number of nitrogens with zero attached hydrogens (tertiary/aromatic N) is 2. The highest BCUT2D eigenvalue weighted by molar-refractivity contribution is 7.92. The van der Waals surface area contributed by atoms with Crippen molar-refractivity contribution in [3.05, 3.63) is 93.4 Å². The zero-order chi connectivity index (χ0) is 29.6. The third-order valence-corrected chi connectivity index (χ3v) is 9.98. The topological polar surface area (TPSA) is 86.8 Å². The van der Waals surface area contributed by atoms with Crippen molar-refractivity contribution in [1.29, 1.82) is 0 Å². The van der Waals surface area contributed by atoms with Crippen molar-refractivity contribution in [1.82, 2.24) is 10.2 Å². The first-order valence-corrected chi connectivity index (χ1v) is 16.0. The molecule has 41 heavy (non-hydrogen) atoms. The first kappa shape index (κ1) is 31.2. The van der Waals surface area contributed by atoms with Crippen LogP contribution < -0.4 is 9.62 Å². The van der Waals surface area contributed by atoms with Gasteiger partial charge in [0.25, 0.3) is 10.0 Å². The lowest BCUT2D eigenvalue weighted by atomic mass is 9.95. The van der Waals surface area contributed by atoms with Gasteiger partial charge in [-0.2, -0.15) is 0 Å². The van der Waals surface area contributed by atoms with Gasteiger partial charge in [0.05, 0.1) is 10.6 Å². The van der Waals surface area contributed by atoms with Crippen LogP contribution in [0.15, 0.2) is 77.7 Å². The summed E-state index contributed by atoms with van der Waals surface area (Å²) in [5.74, 6) is -0.908. The van der Waals surface area contributed by atoms with E-state index in [4.69, 9.17) is 34.8 Å². The molecule has 0 bridgehead atoms. The number of sulfonamides is 1. The van der Waals surface area contributed by atoms with E-state index in [1.54, 1.807) is 55.5 Å². The van der Waals surface area contributed by atoms with Crippen LogP contribution in [-0.4, -0.2) is 43.8 Å². The van der Waals surface area contributed by atoms with E-state index in [9.17, 15) is 18.0 Å². The summed E-state index contributed by atoms with van der Waals surface area (Å²) in [6, 6.07) is 18.2. The summed E-state index contributed by atoms with van der Waals surface area (Å²) >= 11 is 18.9. The highest BCUT2D eigenvalue weighted by Gasteiger charge is 2.33. The number of carbonyl (C=O) groups is 2. The summed E-state index contributed by atoms with van der Waals surface area (Å²) in [5, 5.41) is 4.13. The van der Waals surface area contributed by atoms with Gasteiger partial charge in [-0.25, -0.2) is 8.42 Å². The predicted octanol–water partition coefficient (Wildman–Crippen LogP) is 6.71. The summed E-state index contributed by atoms with van der Waals surface area (Å²) in [6.07, 6.45) is 4.96. The number of amides is 2. The minimum Gasteiger partial charge on any atom is -0.352 e. The van der Waals surface area contributed by atoms with E-state index in [1.807, 2.05) is 0 Å². The SMILES string of the molecule is C[C@@H](C(=O)NC1CCCCC1)N(Cc1c(Cl)cccc1Cl)C(=O)CN(c1ccccc1)S(=O)(=O)c1ccc(Cl)cc1. The Balaban J connectivity index is 1.69. The molecule has 0 aromatic heterocycles. The van der Waals surface area contributed by atoms with Crippen molar-refractivity contribution in [2.45, 2.75) is 62.6 Å². The Morgan fingerprint density at radius 1 is 0.878 bits per heavy atom. The Morgan fingerprint density at radius 3 is 2.10 bits per heavy atom. The molecule has 0 spiro atoms. The number of benzene rings is 3. The molecule has 0 saturated heterocycles. The van der Waals surface area contributed by atoms with E-state index in [2.05, 4.69) is 5.32 Å². The maximum Gasteiger partial charge on any atom is 0.264 e. The minimum atomic E-state index is -4.18. The summed E-state index contributed by atoms with van der Waals surface area (Å²) < 4.78 is 28.7. The third kappa shape index (κ3) is 7.74. The minimum absolute atomic E-state index is 0.0256. The largest absolute Gasteiger partial charge is 0.352 e. The first-order valence-electron chi connectivity index (χ1n) is 13.4. The Labute approximate surface area is 256 Å². The number of hydrogen-bond acceptors (Lipinski definition) is 4. The number of anilines is 1. The number of carbonyl (C=O) groups excluding carboxylic acids is 2. The molecule has 3 aromatic carbocycles. The van der Waals surface area contributed by atoms with Gasteiger partial charge in [-0.1, -0.05) is 78.3 Å². The quantitative estimate of drug-likeness (QED) is 0.268. The summed E-state index contributed by atoms with van der Waals surface area (Å²) in [4.78, 5) is 28.8. The molecule has 0 aliphatic heterocycles. The highest BCUT2D eigenvalue weighted by atomic mass is 35.5. The van der Waals surface area contributed by atoms with Crippen LogP contribution in [-0.2, 0) is 26.2 Å². The smallest absolute Gasteiger partial charge is 0.264 e. The molecule has 1 aliphatic rings. The molecule has 2 amide bonds. The van der Waals surface area contributed by atoms with Crippen LogP contribution in [0.2, 0.25) is 15.1 Å². The molecule has 1 N–H and O–H groups in total. The van der Waals surface area contributed by atoms with Gasteiger partial charge in [0, 0.05) is 33.2 Å². The molecule has 1 fully saturated rings. The first-order chi connectivity index (χ1) is 19.6. The number of hydrogen-bond donors (Lipinski definition) is 1. The molecule has 1 saturated carbocycles. The van der Waals surface area contributed by atoms with Crippen molar-refractivity contribution >= 4 is 62.3 Å². The fourth-order valence-corrected chi connectivity index (χ4v) is 6.92. The number of para-hydroxylation sites is 1. The molecule has 3 aromatic rings. The zero-order valence-corrected chi connectivity index (χ0v) is 25.7. The molecule has 1 aliphatic carbocycles. The Kier molecular flexibility index (Phi) is 10.6. The molecule has 0 unspecified atom stereocenters. The lowest BCUT2D eigenvalue weighted by Crippen LogP contribution is -2.53. The predicted molar refractivity (Wildman–Crippen MR) is 164 cm³/mol. The van der Waals surface area contributed by atoms with Gasteiger partial charge >= 0.3 is 0 Å². The fourth-order valence-electron chi connectivity index (χ4n) is 4.86. The van der Waals surface area contributed by atoms with Gasteiger partial charge < -0.3 is 10.2 Å². The van der Waals surface area contributed by atoms with Crippen LogP contribution in [0.1, 0.15) is 44.6 Å². The molecular weight excluding hydrogens is 605 g/mol. The molecule has 0 heterocycles. The maximum atomic E-state index is 14.1. The van der Waals surface area contributed by atoms with Gasteiger partial charge in [0.2, 0.25) is 11.8 Å². The van der Waals surface area contributed by atoms with Crippen molar-refractivity contribution in [2.24, 2.45) is 0 Å². The lowest BCUT2D eigenvalue weighted by molar-refractivity contribution is -0.139. The van der Waals surface area contributed by atoms with E-state index in [-0.39, 0.29) is 23.4 Å². The second-order valence-electron chi connectivity index (χ2n) is 10.0. The molecular formula is C30H32Cl3N3O4S. The average Bonchev–Trinajstić information content (AvgIpc) is 2.96. The van der Waals surface area contributed by atoms with Crippen molar-refractivity contribution < 1.29 is 18.0 Å². The molecule has 1 atom stereocenters. The summed E-state index contributed by atoms with van der Waals surface area (Å²) in [7, 11) is -4.18. The Hall–Kier alpha value is -2.78. The second kappa shape index (κ2) is 13.9. The zero-order valence-electron chi connectivity index (χ0n) is 22.6. The number of halogens is 3. The van der Waals surface area contributed by atoms with Crippen molar-refractivity contribution in [3.63, 3.8) is 0 Å². The third-order valence-electron chi connectivity index (χ3n) is 7.23. The Morgan fingerprint density at radius 2 is 1.49 bits per heavy atom.